The number of carbonyl (C=O) groups is 4. The Bertz CT molecular complexity index is 2690. The third-order valence-corrected chi connectivity index (χ3v) is 13.8. The number of phenols is 2. The summed E-state index contributed by atoms with van der Waals surface area (Å²) < 4.78 is 66.2. The highest BCUT2D eigenvalue weighted by atomic mass is 32.2. The van der Waals surface area contributed by atoms with Crippen LogP contribution in [0.2, 0.25) is 0 Å². The van der Waals surface area contributed by atoms with Crippen LogP contribution in [0.3, 0.4) is 0 Å². The molecule has 0 aliphatic carbocycles. The number of rotatable bonds is 13. The number of hydrogen-bond donors (Lipinski definition) is 7. The summed E-state index contributed by atoms with van der Waals surface area (Å²) in [6.45, 7) is 9.62. The average molecular weight is 890 g/mol. The molecule has 0 aliphatic heterocycles. The molecule has 0 aliphatic rings. The number of phenolic OH excluding ortho intramolecular Hbond substituents is 2. The number of hydrogen-bond acceptors (Lipinski definition) is 11. The molecule has 62 heavy (non-hydrogen) atoms. The van der Waals surface area contributed by atoms with E-state index in [1.54, 1.807) is 76.2 Å². The van der Waals surface area contributed by atoms with Crippen molar-refractivity contribution in [1.29, 1.82) is 0 Å². The summed E-state index contributed by atoms with van der Waals surface area (Å²) in [5.74, 6) is -4.79. The van der Waals surface area contributed by atoms with E-state index in [0.717, 1.165) is 23.3 Å². The molecular formula is C44H48FN5O10S2. The Kier molecular flexibility index (Phi) is 15.6. The summed E-state index contributed by atoms with van der Waals surface area (Å²) in [5, 5.41) is 27.1. The van der Waals surface area contributed by atoms with E-state index in [-0.39, 0.29) is 39.0 Å². The van der Waals surface area contributed by atoms with Crippen LogP contribution in [-0.2, 0) is 34.1 Å². The highest BCUT2D eigenvalue weighted by molar-refractivity contribution is 7.93. The van der Waals surface area contributed by atoms with E-state index in [1.807, 2.05) is 0 Å². The van der Waals surface area contributed by atoms with Crippen LogP contribution in [0.25, 0.3) is 0 Å². The number of nitrogens with one attached hydrogen (secondary N) is 4. The number of halogens is 1. The van der Waals surface area contributed by atoms with Crippen molar-refractivity contribution in [3.05, 3.63) is 126 Å². The highest BCUT2D eigenvalue weighted by Crippen LogP contribution is 2.32. The van der Waals surface area contributed by atoms with Crippen LogP contribution in [0.1, 0.15) is 55.6 Å². The number of carbonyl (C=O) groups excluding carboxylic acids is 4. The second kappa shape index (κ2) is 20.2. The second-order valence-electron chi connectivity index (χ2n) is 14.6. The van der Waals surface area contributed by atoms with Gasteiger partial charge >= 0.3 is 0 Å². The van der Waals surface area contributed by atoms with Crippen LogP contribution in [0.4, 0.5) is 32.8 Å². The molecule has 0 spiro atoms. The Morgan fingerprint density at radius 3 is 1.85 bits per heavy atom. The Labute approximate surface area is 359 Å². The van der Waals surface area contributed by atoms with E-state index in [9.17, 15) is 50.6 Å². The molecule has 15 nitrogen and oxygen atoms in total. The quantitative estimate of drug-likeness (QED) is 0.0470. The third kappa shape index (κ3) is 11.9. The van der Waals surface area contributed by atoms with Gasteiger partial charge in [0.05, 0.1) is 26.9 Å². The lowest BCUT2D eigenvalue weighted by Gasteiger charge is -2.21. The minimum atomic E-state index is -3.99. The maximum absolute atomic E-state index is 14.2. The number of sulfone groups is 2. The van der Waals surface area contributed by atoms with Gasteiger partial charge in [-0.15, -0.1) is 0 Å². The number of nitrogen functional groups attached to an aromatic ring is 1. The van der Waals surface area contributed by atoms with Crippen molar-refractivity contribution in [3.63, 3.8) is 0 Å². The standard InChI is InChI=1S/C25H27N3O5S.C19H21FN2O5S/c1-15(2)23(34(32,33)20-6-4-5-16(3)13-20)25(31)27-19-11-12-21(22(29)14-19)28-24(30)17-7-9-18(26)10-8-17;1-4-18(28(26,27)13-7-5-11(2)6-8-13)19(25)22-15-10-17(24)16(9-14(15)20)21-12(3)23/h4-15,23,29H,26H2,1-3H3,(H,27,31)(H,28,30);5-10,18,24H,4H2,1-3H3,(H,21,23)(H,22,25). The predicted molar refractivity (Wildman–Crippen MR) is 236 cm³/mol. The first kappa shape index (κ1) is 47.9. The molecule has 2 atom stereocenters. The van der Waals surface area contributed by atoms with Gasteiger partial charge in [-0.05, 0) is 92.4 Å². The maximum Gasteiger partial charge on any atom is 0.255 e. The molecule has 0 bridgehead atoms. The topological polar surface area (TPSA) is 251 Å². The second-order valence-corrected chi connectivity index (χ2v) is 18.8. The van der Waals surface area contributed by atoms with E-state index in [0.29, 0.717) is 11.3 Å². The third-order valence-electron chi connectivity index (χ3n) is 9.24. The molecule has 2 unspecified atom stereocenters. The van der Waals surface area contributed by atoms with Gasteiger partial charge < -0.3 is 37.2 Å². The smallest absolute Gasteiger partial charge is 0.255 e. The Morgan fingerprint density at radius 2 is 1.29 bits per heavy atom. The zero-order valence-electron chi connectivity index (χ0n) is 34.7. The zero-order valence-corrected chi connectivity index (χ0v) is 36.3. The molecular weight excluding hydrogens is 842 g/mol. The SMILES string of the molecule is CCC(C(=O)Nc1cc(O)c(NC(C)=O)cc1F)S(=O)(=O)c1ccc(C)cc1.Cc1cccc(S(=O)(=O)C(C(=O)Nc2ccc(NC(=O)c3ccc(N)cc3)c(O)c2)C(C)C)c1. The number of aryl methyl sites for hydroxylation is 2. The normalized spacial score (nSPS) is 12.3. The largest absolute Gasteiger partial charge is 0.506 e. The lowest BCUT2D eigenvalue weighted by molar-refractivity contribution is -0.117. The molecule has 18 heteroatoms. The summed E-state index contributed by atoms with van der Waals surface area (Å²) in [4.78, 5) is 49.0. The van der Waals surface area contributed by atoms with Crippen LogP contribution in [0.15, 0.2) is 113 Å². The fourth-order valence-electron chi connectivity index (χ4n) is 6.10. The Morgan fingerprint density at radius 1 is 0.661 bits per heavy atom. The molecule has 0 saturated carbocycles. The van der Waals surface area contributed by atoms with Crippen molar-refractivity contribution in [3.8, 4) is 11.5 Å². The molecule has 5 aromatic rings. The Balaban J connectivity index is 0.000000278. The fourth-order valence-corrected chi connectivity index (χ4v) is 9.69. The number of amides is 4. The number of nitrogens with two attached hydrogens (primary N) is 1. The van der Waals surface area contributed by atoms with E-state index in [1.165, 1.54) is 56.3 Å². The lowest BCUT2D eigenvalue weighted by Crippen LogP contribution is -2.39. The van der Waals surface area contributed by atoms with Gasteiger partial charge in [-0.25, -0.2) is 21.2 Å². The van der Waals surface area contributed by atoms with Gasteiger partial charge in [0.25, 0.3) is 5.91 Å². The van der Waals surface area contributed by atoms with Gasteiger partial charge in [-0.1, -0.05) is 50.6 Å². The monoisotopic (exact) mass is 889 g/mol. The zero-order chi connectivity index (χ0) is 46.1. The number of anilines is 5. The van der Waals surface area contributed by atoms with Crippen LogP contribution < -0.4 is 27.0 Å². The van der Waals surface area contributed by atoms with Gasteiger partial charge in [-0.2, -0.15) is 0 Å². The van der Waals surface area contributed by atoms with Crippen molar-refractivity contribution in [2.45, 2.75) is 68.3 Å². The summed E-state index contributed by atoms with van der Waals surface area (Å²) in [7, 11) is -7.94. The molecule has 0 radical (unpaired) electrons. The molecule has 328 valence electrons. The summed E-state index contributed by atoms with van der Waals surface area (Å²) in [6, 6.07) is 24.6. The van der Waals surface area contributed by atoms with E-state index in [4.69, 9.17) is 5.73 Å². The van der Waals surface area contributed by atoms with Crippen molar-refractivity contribution >= 4 is 71.7 Å². The average Bonchev–Trinajstić information content (AvgIpc) is 3.18. The van der Waals surface area contributed by atoms with Crippen molar-refractivity contribution in [2.24, 2.45) is 5.92 Å². The number of benzene rings is 5. The predicted octanol–water partition coefficient (Wildman–Crippen LogP) is 6.96. The van der Waals surface area contributed by atoms with Crippen molar-refractivity contribution in [2.75, 3.05) is 27.0 Å². The highest BCUT2D eigenvalue weighted by Gasteiger charge is 2.37. The van der Waals surface area contributed by atoms with Crippen LogP contribution >= 0.6 is 0 Å². The summed E-state index contributed by atoms with van der Waals surface area (Å²) in [6.07, 6.45) is -0.0282. The summed E-state index contributed by atoms with van der Waals surface area (Å²) >= 11 is 0. The van der Waals surface area contributed by atoms with Crippen molar-refractivity contribution < 1.29 is 50.6 Å². The molecule has 4 amide bonds. The maximum atomic E-state index is 14.2. The fraction of sp³-hybridized carbons (Fsp3) is 0.227. The first-order valence-electron chi connectivity index (χ1n) is 19.1. The van der Waals surface area contributed by atoms with E-state index < -0.39 is 77.0 Å². The first-order valence-corrected chi connectivity index (χ1v) is 22.2. The van der Waals surface area contributed by atoms with Crippen LogP contribution in [-0.4, -0.2) is 61.2 Å². The molecule has 5 rings (SSSR count). The van der Waals surface area contributed by atoms with Gasteiger partial charge in [0.2, 0.25) is 17.7 Å². The first-order chi connectivity index (χ1) is 29.0. The minimum Gasteiger partial charge on any atom is -0.506 e. The molecule has 8 N–H and O–H groups in total. The van der Waals surface area contributed by atoms with E-state index >= 15 is 0 Å². The van der Waals surface area contributed by atoms with Crippen LogP contribution in [0.5, 0.6) is 11.5 Å². The minimum absolute atomic E-state index is 0.00979. The molecule has 0 aromatic heterocycles. The van der Waals surface area contributed by atoms with Gasteiger partial charge in [0.1, 0.15) is 27.8 Å². The summed E-state index contributed by atoms with van der Waals surface area (Å²) in [5.41, 5.74) is 7.90. The van der Waals surface area contributed by atoms with Crippen molar-refractivity contribution in [1.82, 2.24) is 0 Å². The number of aromatic hydroxyl groups is 2. The lowest BCUT2D eigenvalue weighted by atomic mass is 10.1. The molecule has 0 heterocycles. The molecule has 5 aromatic carbocycles. The van der Waals surface area contributed by atoms with Gasteiger partial charge in [0, 0.05) is 42.1 Å². The molecule has 0 fully saturated rings. The molecule has 0 saturated heterocycles. The van der Waals surface area contributed by atoms with Gasteiger partial charge in [-0.3, -0.25) is 19.2 Å². The van der Waals surface area contributed by atoms with Crippen LogP contribution in [0, 0.1) is 25.6 Å². The van der Waals surface area contributed by atoms with Gasteiger partial charge in [0.15, 0.2) is 19.7 Å². The Hall–Kier alpha value is -6.79. The van der Waals surface area contributed by atoms with E-state index in [2.05, 4.69) is 21.3 Å².